The molecule has 0 atom stereocenters. The molecule has 2 heterocycles. The van der Waals surface area contributed by atoms with Crippen LogP contribution in [-0.4, -0.2) is 51.9 Å². The maximum absolute atomic E-state index is 13.2. The molecule has 1 aromatic carbocycles. The van der Waals surface area contributed by atoms with E-state index in [-0.39, 0.29) is 11.7 Å². The topological polar surface area (TPSA) is 49.3 Å². The molecule has 1 fully saturated rings. The molecule has 2 aromatic rings. The lowest BCUT2D eigenvalue weighted by molar-refractivity contribution is 0.0626. The van der Waals surface area contributed by atoms with Crippen molar-refractivity contribution in [1.29, 1.82) is 0 Å². The van der Waals surface area contributed by atoms with Crippen LogP contribution in [0.5, 0.6) is 0 Å². The number of halogens is 1. The van der Waals surface area contributed by atoms with Crippen LogP contribution >= 0.6 is 0 Å². The first-order valence-corrected chi connectivity index (χ1v) is 7.67. The normalized spacial score (nSPS) is 15.7. The fourth-order valence-corrected chi connectivity index (χ4v) is 2.74. The zero-order chi connectivity index (χ0) is 16.2. The van der Waals surface area contributed by atoms with Gasteiger partial charge in [-0.2, -0.15) is 0 Å². The van der Waals surface area contributed by atoms with E-state index in [0.29, 0.717) is 18.7 Å². The Bertz CT molecular complexity index is 698. The maximum Gasteiger partial charge on any atom is 0.254 e. The number of benzene rings is 1. The Morgan fingerprint density at radius 2 is 2.00 bits per heavy atom. The molecule has 1 saturated heterocycles. The molecule has 0 aliphatic carbocycles. The van der Waals surface area contributed by atoms with E-state index in [0.717, 1.165) is 31.2 Å². The van der Waals surface area contributed by atoms with Crippen molar-refractivity contribution in [2.75, 3.05) is 26.2 Å². The van der Waals surface area contributed by atoms with Crippen LogP contribution < -0.4 is 0 Å². The molecule has 0 saturated carbocycles. The van der Waals surface area contributed by atoms with E-state index in [4.69, 9.17) is 0 Å². The number of hydrogen-bond acceptors (Lipinski definition) is 4. The van der Waals surface area contributed by atoms with Gasteiger partial charge in [0.2, 0.25) is 0 Å². The Morgan fingerprint density at radius 1 is 1.22 bits per heavy atom. The van der Waals surface area contributed by atoms with Gasteiger partial charge in [0.05, 0.1) is 5.69 Å². The third-order valence-electron chi connectivity index (χ3n) is 3.95. The molecule has 1 amide bonds. The number of amides is 1. The summed E-state index contributed by atoms with van der Waals surface area (Å²) in [6.07, 6.45) is 1.77. The van der Waals surface area contributed by atoms with Crippen LogP contribution in [0, 0.1) is 12.7 Å². The lowest BCUT2D eigenvalue weighted by Gasteiger charge is -2.34. The molecule has 3 rings (SSSR count). The van der Waals surface area contributed by atoms with Gasteiger partial charge in [0.15, 0.2) is 0 Å². The van der Waals surface area contributed by atoms with Crippen molar-refractivity contribution in [3.63, 3.8) is 0 Å². The predicted octanol–water partition coefficient (Wildman–Crippen LogP) is 1.88. The molecular formula is C17H19FN4O. The molecule has 1 aliphatic heterocycles. The van der Waals surface area contributed by atoms with Crippen LogP contribution in [0.1, 0.15) is 21.9 Å². The monoisotopic (exact) mass is 314 g/mol. The summed E-state index contributed by atoms with van der Waals surface area (Å²) in [5.74, 6) is 0.276. The molecule has 0 unspecified atom stereocenters. The van der Waals surface area contributed by atoms with E-state index in [1.807, 2.05) is 13.0 Å². The number of hydrogen-bond donors (Lipinski definition) is 0. The van der Waals surface area contributed by atoms with Crippen LogP contribution in [0.3, 0.4) is 0 Å². The number of carbonyl (C=O) groups excluding carboxylic acids is 1. The van der Waals surface area contributed by atoms with Crippen molar-refractivity contribution in [2.45, 2.75) is 13.5 Å². The third kappa shape index (κ3) is 3.90. The molecule has 6 heteroatoms. The maximum atomic E-state index is 13.2. The van der Waals surface area contributed by atoms with Gasteiger partial charge < -0.3 is 4.90 Å². The highest BCUT2D eigenvalue weighted by atomic mass is 19.1. The number of piperazine rings is 1. The summed E-state index contributed by atoms with van der Waals surface area (Å²) in [5, 5.41) is 0. The highest BCUT2D eigenvalue weighted by molar-refractivity contribution is 5.94. The van der Waals surface area contributed by atoms with Crippen LogP contribution in [0.2, 0.25) is 0 Å². The zero-order valence-corrected chi connectivity index (χ0v) is 13.1. The zero-order valence-electron chi connectivity index (χ0n) is 13.1. The van der Waals surface area contributed by atoms with Gasteiger partial charge in [-0.15, -0.1) is 0 Å². The van der Waals surface area contributed by atoms with Gasteiger partial charge >= 0.3 is 0 Å². The standard InChI is InChI=1S/C17H19FN4O/c1-13-19-6-5-16(20-13)12-21-7-9-22(10-8-21)17(23)14-3-2-4-15(18)11-14/h2-6,11H,7-10,12H2,1H3. The number of carbonyl (C=O) groups is 1. The Morgan fingerprint density at radius 3 is 2.70 bits per heavy atom. The molecule has 1 aromatic heterocycles. The molecule has 0 bridgehead atoms. The fourth-order valence-electron chi connectivity index (χ4n) is 2.74. The quantitative estimate of drug-likeness (QED) is 0.868. The summed E-state index contributed by atoms with van der Waals surface area (Å²) < 4.78 is 13.2. The summed E-state index contributed by atoms with van der Waals surface area (Å²) in [6, 6.07) is 7.77. The van der Waals surface area contributed by atoms with Gasteiger partial charge in [-0.25, -0.2) is 14.4 Å². The lowest BCUT2D eigenvalue weighted by atomic mass is 10.1. The largest absolute Gasteiger partial charge is 0.336 e. The van der Waals surface area contributed by atoms with E-state index >= 15 is 0 Å². The van der Waals surface area contributed by atoms with Crippen LogP contribution in [0.25, 0.3) is 0 Å². The van der Waals surface area contributed by atoms with Gasteiger partial charge in [0.25, 0.3) is 5.91 Å². The van der Waals surface area contributed by atoms with E-state index in [9.17, 15) is 9.18 Å². The summed E-state index contributed by atoms with van der Waals surface area (Å²) in [5.41, 5.74) is 1.40. The molecule has 120 valence electrons. The molecule has 1 aliphatic rings. The smallest absolute Gasteiger partial charge is 0.254 e. The minimum atomic E-state index is -0.381. The van der Waals surface area contributed by atoms with Crippen molar-refractivity contribution in [3.8, 4) is 0 Å². The number of rotatable bonds is 3. The number of nitrogens with zero attached hydrogens (tertiary/aromatic N) is 4. The average molecular weight is 314 g/mol. The lowest BCUT2D eigenvalue weighted by Crippen LogP contribution is -2.48. The third-order valence-corrected chi connectivity index (χ3v) is 3.95. The first-order valence-electron chi connectivity index (χ1n) is 7.67. The fraction of sp³-hybridized carbons (Fsp3) is 0.353. The van der Waals surface area contributed by atoms with Crippen LogP contribution in [0.4, 0.5) is 4.39 Å². The summed E-state index contributed by atoms with van der Waals surface area (Å²) >= 11 is 0. The Hall–Kier alpha value is -2.34. The Kier molecular flexibility index (Phi) is 4.62. The van der Waals surface area contributed by atoms with Gasteiger partial charge in [-0.05, 0) is 31.2 Å². The molecule has 23 heavy (non-hydrogen) atoms. The number of aryl methyl sites for hydroxylation is 1. The van der Waals surface area contributed by atoms with E-state index in [2.05, 4.69) is 14.9 Å². The predicted molar refractivity (Wildman–Crippen MR) is 84.3 cm³/mol. The second-order valence-electron chi connectivity index (χ2n) is 5.67. The van der Waals surface area contributed by atoms with Crippen molar-refractivity contribution in [2.24, 2.45) is 0 Å². The summed E-state index contributed by atoms with van der Waals surface area (Å²) in [7, 11) is 0. The highest BCUT2D eigenvalue weighted by Crippen LogP contribution is 2.12. The summed E-state index contributed by atoms with van der Waals surface area (Å²) in [4.78, 5) is 24.9. The SMILES string of the molecule is Cc1nccc(CN2CCN(C(=O)c3cccc(F)c3)CC2)n1. The Balaban J connectivity index is 1.57. The Labute approximate surface area is 134 Å². The van der Waals surface area contributed by atoms with Crippen molar-refractivity contribution in [3.05, 3.63) is 59.4 Å². The van der Waals surface area contributed by atoms with E-state index in [1.54, 1.807) is 23.2 Å². The van der Waals surface area contributed by atoms with Gasteiger partial charge in [0.1, 0.15) is 11.6 Å². The second-order valence-corrected chi connectivity index (χ2v) is 5.67. The molecule has 0 spiro atoms. The summed E-state index contributed by atoms with van der Waals surface area (Å²) in [6.45, 7) is 5.47. The molecule has 5 nitrogen and oxygen atoms in total. The minimum Gasteiger partial charge on any atom is -0.336 e. The van der Waals surface area contributed by atoms with Crippen molar-refractivity contribution in [1.82, 2.24) is 19.8 Å². The van der Waals surface area contributed by atoms with Crippen LogP contribution in [-0.2, 0) is 6.54 Å². The second kappa shape index (κ2) is 6.83. The molecular weight excluding hydrogens is 295 g/mol. The highest BCUT2D eigenvalue weighted by Gasteiger charge is 2.22. The number of aromatic nitrogens is 2. The molecule has 0 radical (unpaired) electrons. The van der Waals surface area contributed by atoms with E-state index in [1.165, 1.54) is 12.1 Å². The van der Waals surface area contributed by atoms with Gasteiger partial charge in [0, 0.05) is 44.5 Å². The van der Waals surface area contributed by atoms with Gasteiger partial charge in [-0.1, -0.05) is 6.07 Å². The average Bonchev–Trinajstić information content (AvgIpc) is 2.55. The van der Waals surface area contributed by atoms with Crippen molar-refractivity contribution < 1.29 is 9.18 Å². The van der Waals surface area contributed by atoms with Crippen molar-refractivity contribution >= 4 is 5.91 Å². The van der Waals surface area contributed by atoms with Gasteiger partial charge in [-0.3, -0.25) is 9.69 Å². The minimum absolute atomic E-state index is 0.109. The van der Waals surface area contributed by atoms with E-state index < -0.39 is 0 Å². The van der Waals surface area contributed by atoms with Crippen LogP contribution in [0.15, 0.2) is 36.5 Å². The first-order chi connectivity index (χ1) is 11.1. The molecule has 0 N–H and O–H groups in total. The first kappa shape index (κ1) is 15.6.